The van der Waals surface area contributed by atoms with Gasteiger partial charge >= 0.3 is 0 Å². The maximum Gasteiger partial charge on any atom is 0.255 e. The molecule has 0 aliphatic rings. The first-order valence-electron chi connectivity index (χ1n) is 6.23. The van der Waals surface area contributed by atoms with Crippen molar-refractivity contribution in [2.24, 2.45) is 0 Å². The summed E-state index contributed by atoms with van der Waals surface area (Å²) in [6, 6.07) is 11.5. The van der Waals surface area contributed by atoms with Crippen LogP contribution in [-0.4, -0.2) is 17.6 Å². The fourth-order valence-corrected chi connectivity index (χ4v) is 1.72. The molecule has 0 heterocycles. The number of carbonyl (C=O) groups excluding carboxylic acids is 1. The maximum atomic E-state index is 12.0. The van der Waals surface area contributed by atoms with Crippen molar-refractivity contribution in [2.45, 2.75) is 6.92 Å². The molecule has 0 aromatic heterocycles. The molecule has 20 heavy (non-hydrogen) atoms. The molecule has 2 aromatic carbocycles. The van der Waals surface area contributed by atoms with E-state index in [1.807, 2.05) is 13.0 Å². The first kappa shape index (κ1) is 13.7. The predicted molar refractivity (Wildman–Crippen MR) is 78.1 cm³/mol. The van der Waals surface area contributed by atoms with Crippen LogP contribution in [0.1, 0.15) is 17.3 Å². The summed E-state index contributed by atoms with van der Waals surface area (Å²) < 4.78 is 5.36. The Hall–Kier alpha value is -2.69. The number of rotatable bonds is 4. The Kier molecular flexibility index (Phi) is 4.10. The first-order chi connectivity index (χ1) is 9.60. The molecule has 0 bridgehead atoms. The van der Waals surface area contributed by atoms with Crippen LogP contribution in [0.2, 0.25) is 0 Å². The molecular weight excluding hydrogens is 256 g/mol. The third kappa shape index (κ3) is 3.20. The highest BCUT2D eigenvalue weighted by atomic mass is 16.5. The molecule has 5 nitrogen and oxygen atoms in total. The number of nitrogens with one attached hydrogen (secondary N) is 1. The van der Waals surface area contributed by atoms with Crippen LogP contribution in [0.3, 0.4) is 0 Å². The van der Waals surface area contributed by atoms with Gasteiger partial charge in [0.15, 0.2) is 0 Å². The molecule has 1 amide bonds. The fourth-order valence-electron chi connectivity index (χ4n) is 1.72. The second-order valence-corrected chi connectivity index (χ2v) is 4.19. The van der Waals surface area contributed by atoms with Gasteiger partial charge in [0, 0.05) is 17.3 Å². The monoisotopic (exact) mass is 272 g/mol. The van der Waals surface area contributed by atoms with Gasteiger partial charge in [-0.05, 0) is 37.3 Å². The molecule has 0 atom stereocenters. The molecule has 0 aliphatic carbocycles. The number of phenolic OH excluding ortho intramolecular Hbond substituents is 1. The van der Waals surface area contributed by atoms with E-state index in [0.29, 0.717) is 23.6 Å². The van der Waals surface area contributed by atoms with Crippen molar-refractivity contribution in [3.63, 3.8) is 0 Å². The van der Waals surface area contributed by atoms with Gasteiger partial charge in [0.25, 0.3) is 5.91 Å². The summed E-state index contributed by atoms with van der Waals surface area (Å²) in [5.41, 5.74) is 6.69. The zero-order valence-corrected chi connectivity index (χ0v) is 11.1. The van der Waals surface area contributed by atoms with Crippen LogP contribution in [0.15, 0.2) is 42.5 Å². The van der Waals surface area contributed by atoms with Gasteiger partial charge in [0.05, 0.1) is 12.3 Å². The number of hydrogen-bond acceptors (Lipinski definition) is 4. The SMILES string of the molecule is CCOc1cccc(NC(=O)c2ccc(N)c(O)c2)c1. The summed E-state index contributed by atoms with van der Waals surface area (Å²) >= 11 is 0. The molecule has 0 aliphatic heterocycles. The van der Waals surface area contributed by atoms with E-state index in [9.17, 15) is 9.90 Å². The van der Waals surface area contributed by atoms with Gasteiger partial charge in [0.1, 0.15) is 11.5 Å². The summed E-state index contributed by atoms with van der Waals surface area (Å²) in [5, 5.41) is 12.2. The molecule has 0 saturated heterocycles. The van der Waals surface area contributed by atoms with Gasteiger partial charge in [0.2, 0.25) is 0 Å². The van der Waals surface area contributed by atoms with Gasteiger partial charge in [-0.2, -0.15) is 0 Å². The number of amides is 1. The average molecular weight is 272 g/mol. The van der Waals surface area contributed by atoms with Gasteiger partial charge in [-0.15, -0.1) is 0 Å². The average Bonchev–Trinajstić information content (AvgIpc) is 2.42. The number of phenols is 1. The zero-order valence-electron chi connectivity index (χ0n) is 11.1. The van der Waals surface area contributed by atoms with E-state index < -0.39 is 0 Å². The largest absolute Gasteiger partial charge is 0.506 e. The normalized spacial score (nSPS) is 10.1. The number of nitrogen functional groups attached to an aromatic ring is 1. The predicted octanol–water partition coefficient (Wildman–Crippen LogP) is 2.63. The second kappa shape index (κ2) is 5.97. The molecule has 104 valence electrons. The standard InChI is InChI=1S/C15H16N2O3/c1-2-20-12-5-3-4-11(9-12)17-15(19)10-6-7-13(16)14(18)8-10/h3-9,18H,2,16H2,1H3,(H,17,19). The number of benzene rings is 2. The van der Waals surface area contributed by atoms with E-state index >= 15 is 0 Å². The van der Waals surface area contributed by atoms with Gasteiger partial charge in [-0.25, -0.2) is 0 Å². The number of aromatic hydroxyl groups is 1. The molecule has 0 unspecified atom stereocenters. The Bertz CT molecular complexity index is 626. The van der Waals surface area contributed by atoms with E-state index in [4.69, 9.17) is 10.5 Å². The minimum absolute atomic E-state index is 0.110. The van der Waals surface area contributed by atoms with E-state index in [1.165, 1.54) is 12.1 Å². The summed E-state index contributed by atoms with van der Waals surface area (Å²) in [4.78, 5) is 12.0. The molecule has 5 heteroatoms. The van der Waals surface area contributed by atoms with Crippen LogP contribution < -0.4 is 15.8 Å². The Labute approximate surface area is 117 Å². The lowest BCUT2D eigenvalue weighted by Gasteiger charge is -2.08. The summed E-state index contributed by atoms with van der Waals surface area (Å²) in [7, 11) is 0. The van der Waals surface area contributed by atoms with Crippen molar-refractivity contribution in [3.8, 4) is 11.5 Å². The highest BCUT2D eigenvalue weighted by Gasteiger charge is 2.08. The Morgan fingerprint density at radius 2 is 2.10 bits per heavy atom. The van der Waals surface area contributed by atoms with Gasteiger partial charge < -0.3 is 20.9 Å². The van der Waals surface area contributed by atoms with Crippen molar-refractivity contribution in [3.05, 3.63) is 48.0 Å². The number of anilines is 2. The molecular formula is C15H16N2O3. The fraction of sp³-hybridized carbons (Fsp3) is 0.133. The lowest BCUT2D eigenvalue weighted by molar-refractivity contribution is 0.102. The van der Waals surface area contributed by atoms with Crippen LogP contribution in [0.4, 0.5) is 11.4 Å². The molecule has 0 fully saturated rings. The molecule has 4 N–H and O–H groups in total. The van der Waals surface area contributed by atoms with Crippen LogP contribution in [0, 0.1) is 0 Å². The van der Waals surface area contributed by atoms with Crippen LogP contribution >= 0.6 is 0 Å². The topological polar surface area (TPSA) is 84.6 Å². The molecule has 0 saturated carbocycles. The van der Waals surface area contributed by atoms with Crippen LogP contribution in [0.25, 0.3) is 0 Å². The van der Waals surface area contributed by atoms with Gasteiger partial charge in [-0.1, -0.05) is 6.07 Å². The number of carbonyl (C=O) groups is 1. The summed E-state index contributed by atoms with van der Waals surface area (Å²) in [5.74, 6) is 0.250. The number of nitrogens with two attached hydrogens (primary N) is 1. The molecule has 2 aromatic rings. The zero-order chi connectivity index (χ0) is 14.5. The Morgan fingerprint density at radius 3 is 2.80 bits per heavy atom. The van der Waals surface area contributed by atoms with Crippen molar-refractivity contribution in [2.75, 3.05) is 17.7 Å². The smallest absolute Gasteiger partial charge is 0.255 e. The number of hydrogen-bond donors (Lipinski definition) is 3. The van der Waals surface area contributed by atoms with E-state index in [-0.39, 0.29) is 17.3 Å². The maximum absolute atomic E-state index is 12.0. The van der Waals surface area contributed by atoms with E-state index in [0.717, 1.165) is 0 Å². The Morgan fingerprint density at radius 1 is 1.30 bits per heavy atom. The summed E-state index contributed by atoms with van der Waals surface area (Å²) in [6.45, 7) is 2.45. The lowest BCUT2D eigenvalue weighted by atomic mass is 10.1. The van der Waals surface area contributed by atoms with Gasteiger partial charge in [-0.3, -0.25) is 4.79 Å². The molecule has 2 rings (SSSR count). The third-order valence-corrected chi connectivity index (χ3v) is 2.70. The van der Waals surface area contributed by atoms with Crippen LogP contribution in [0.5, 0.6) is 11.5 Å². The second-order valence-electron chi connectivity index (χ2n) is 4.19. The first-order valence-corrected chi connectivity index (χ1v) is 6.23. The quantitative estimate of drug-likeness (QED) is 0.590. The van der Waals surface area contributed by atoms with Crippen molar-refractivity contribution < 1.29 is 14.6 Å². The highest BCUT2D eigenvalue weighted by molar-refractivity contribution is 6.04. The minimum Gasteiger partial charge on any atom is -0.506 e. The van der Waals surface area contributed by atoms with E-state index in [2.05, 4.69) is 5.32 Å². The van der Waals surface area contributed by atoms with Crippen molar-refractivity contribution in [1.29, 1.82) is 0 Å². The van der Waals surface area contributed by atoms with Crippen molar-refractivity contribution >= 4 is 17.3 Å². The summed E-state index contributed by atoms with van der Waals surface area (Å²) in [6.07, 6.45) is 0. The minimum atomic E-state index is -0.325. The molecule has 0 spiro atoms. The molecule has 0 radical (unpaired) electrons. The lowest BCUT2D eigenvalue weighted by Crippen LogP contribution is -2.12. The van der Waals surface area contributed by atoms with Crippen molar-refractivity contribution in [1.82, 2.24) is 0 Å². The van der Waals surface area contributed by atoms with Crippen LogP contribution in [-0.2, 0) is 0 Å². The third-order valence-electron chi connectivity index (χ3n) is 2.70. The highest BCUT2D eigenvalue weighted by Crippen LogP contribution is 2.22. The number of ether oxygens (including phenoxy) is 1. The Balaban J connectivity index is 2.14. The van der Waals surface area contributed by atoms with E-state index in [1.54, 1.807) is 24.3 Å².